The molecule has 2 N–H and O–H groups in total. The van der Waals surface area contributed by atoms with Crippen LogP contribution < -0.4 is 4.74 Å². The molecule has 1 aliphatic rings. The molecule has 0 radical (unpaired) electrons. The van der Waals surface area contributed by atoms with Crippen LogP contribution in [0.15, 0.2) is 12.3 Å². The van der Waals surface area contributed by atoms with Crippen molar-refractivity contribution in [1.29, 1.82) is 0 Å². The number of hydrogen-bond acceptors (Lipinski definition) is 4. The van der Waals surface area contributed by atoms with Crippen LogP contribution >= 0.6 is 0 Å². The SMILES string of the molecule is O=C(O)c1nccc2c1C(C(=O)O)CO2. The lowest BCUT2D eigenvalue weighted by Crippen LogP contribution is -2.16. The zero-order valence-electron chi connectivity index (χ0n) is 7.51. The minimum atomic E-state index is -1.25. The summed E-state index contributed by atoms with van der Waals surface area (Å²) in [5.74, 6) is -3.01. The van der Waals surface area contributed by atoms with Crippen LogP contribution in [0.2, 0.25) is 0 Å². The molecule has 1 unspecified atom stereocenters. The number of carboxylic acid groups (broad SMARTS) is 2. The van der Waals surface area contributed by atoms with Crippen LogP contribution in [0.5, 0.6) is 5.75 Å². The molecule has 0 amide bonds. The Kier molecular flexibility index (Phi) is 2.03. The fraction of sp³-hybridized carbons (Fsp3) is 0.222. The van der Waals surface area contributed by atoms with Crippen molar-refractivity contribution in [2.24, 2.45) is 0 Å². The lowest BCUT2D eigenvalue weighted by atomic mass is 10.00. The highest BCUT2D eigenvalue weighted by atomic mass is 16.5. The average Bonchev–Trinajstić information content (AvgIpc) is 2.60. The van der Waals surface area contributed by atoms with Crippen LogP contribution in [0.4, 0.5) is 0 Å². The van der Waals surface area contributed by atoms with Gasteiger partial charge in [-0.2, -0.15) is 0 Å². The average molecular weight is 209 g/mol. The van der Waals surface area contributed by atoms with E-state index in [0.717, 1.165) is 0 Å². The normalized spacial score (nSPS) is 18.0. The van der Waals surface area contributed by atoms with Crippen LogP contribution in [-0.2, 0) is 4.79 Å². The fourth-order valence-corrected chi connectivity index (χ4v) is 1.54. The van der Waals surface area contributed by atoms with Crippen LogP contribution in [-0.4, -0.2) is 33.7 Å². The van der Waals surface area contributed by atoms with Gasteiger partial charge in [0.15, 0.2) is 5.69 Å². The highest BCUT2D eigenvalue weighted by molar-refractivity contribution is 5.91. The molecular formula is C9H7NO5. The molecule has 15 heavy (non-hydrogen) atoms. The second kappa shape index (κ2) is 3.23. The molecule has 1 atom stereocenters. The number of rotatable bonds is 2. The van der Waals surface area contributed by atoms with Crippen molar-refractivity contribution in [3.8, 4) is 5.75 Å². The molecule has 6 heteroatoms. The molecule has 0 spiro atoms. The third kappa shape index (κ3) is 1.39. The van der Waals surface area contributed by atoms with Crippen LogP contribution in [0.25, 0.3) is 0 Å². The van der Waals surface area contributed by atoms with Crippen LogP contribution in [0.3, 0.4) is 0 Å². The van der Waals surface area contributed by atoms with Crippen LogP contribution in [0, 0.1) is 0 Å². The molecule has 78 valence electrons. The topological polar surface area (TPSA) is 96.7 Å². The van der Waals surface area contributed by atoms with E-state index in [-0.39, 0.29) is 23.6 Å². The number of hydrogen-bond donors (Lipinski definition) is 2. The van der Waals surface area contributed by atoms with Gasteiger partial charge < -0.3 is 14.9 Å². The van der Waals surface area contributed by atoms with Gasteiger partial charge >= 0.3 is 11.9 Å². The smallest absolute Gasteiger partial charge is 0.354 e. The van der Waals surface area contributed by atoms with Gasteiger partial charge in [0.2, 0.25) is 0 Å². The first-order valence-electron chi connectivity index (χ1n) is 4.19. The van der Waals surface area contributed by atoms with Gasteiger partial charge in [0.1, 0.15) is 18.3 Å². The summed E-state index contributed by atoms with van der Waals surface area (Å²) in [6.07, 6.45) is 1.28. The molecule has 0 saturated heterocycles. The minimum Gasteiger partial charge on any atom is -0.492 e. The Hall–Kier alpha value is -2.11. The van der Waals surface area contributed by atoms with E-state index in [1.807, 2.05) is 0 Å². The Morgan fingerprint density at radius 3 is 2.80 bits per heavy atom. The van der Waals surface area contributed by atoms with Crippen molar-refractivity contribution in [2.75, 3.05) is 6.61 Å². The van der Waals surface area contributed by atoms with E-state index in [1.54, 1.807) is 0 Å². The molecular weight excluding hydrogens is 202 g/mol. The zero-order chi connectivity index (χ0) is 11.0. The van der Waals surface area contributed by atoms with E-state index < -0.39 is 17.9 Å². The van der Waals surface area contributed by atoms with Crippen molar-refractivity contribution < 1.29 is 24.5 Å². The van der Waals surface area contributed by atoms with E-state index in [1.165, 1.54) is 12.3 Å². The van der Waals surface area contributed by atoms with Crippen molar-refractivity contribution in [2.45, 2.75) is 5.92 Å². The molecule has 0 fully saturated rings. The van der Waals surface area contributed by atoms with Crippen LogP contribution in [0.1, 0.15) is 22.0 Å². The third-order valence-corrected chi connectivity index (χ3v) is 2.20. The maximum Gasteiger partial charge on any atom is 0.354 e. The summed E-state index contributed by atoms with van der Waals surface area (Å²) in [7, 11) is 0. The molecule has 2 rings (SSSR count). The first-order valence-corrected chi connectivity index (χ1v) is 4.19. The number of pyridine rings is 1. The molecule has 0 aromatic carbocycles. The summed E-state index contributed by atoms with van der Waals surface area (Å²) in [5, 5.41) is 17.7. The number of nitrogens with zero attached hydrogens (tertiary/aromatic N) is 1. The van der Waals surface area contributed by atoms with E-state index in [0.29, 0.717) is 0 Å². The quantitative estimate of drug-likeness (QED) is 0.728. The second-order valence-electron chi connectivity index (χ2n) is 3.08. The third-order valence-electron chi connectivity index (χ3n) is 2.20. The van der Waals surface area contributed by atoms with Crippen molar-refractivity contribution in [1.82, 2.24) is 4.98 Å². The number of carbonyl (C=O) groups is 2. The lowest BCUT2D eigenvalue weighted by molar-refractivity contribution is -0.139. The Morgan fingerprint density at radius 2 is 2.20 bits per heavy atom. The zero-order valence-corrected chi connectivity index (χ0v) is 7.51. The summed E-state index contributed by atoms with van der Waals surface area (Å²) in [5.41, 5.74) is -0.102. The van der Waals surface area contributed by atoms with Gasteiger partial charge in [0.05, 0.1) is 0 Å². The van der Waals surface area contributed by atoms with E-state index >= 15 is 0 Å². The maximum atomic E-state index is 10.8. The molecule has 0 saturated carbocycles. The second-order valence-corrected chi connectivity index (χ2v) is 3.08. The molecule has 1 aromatic rings. The molecule has 0 bridgehead atoms. The monoisotopic (exact) mass is 209 g/mol. The number of fused-ring (bicyclic) bond motifs is 1. The highest BCUT2D eigenvalue weighted by Gasteiger charge is 2.35. The standard InChI is InChI=1S/C9H7NO5/c11-8(12)4-3-15-5-1-2-10-7(6(4)5)9(13)14/h1-2,4H,3H2,(H,11,12)(H,13,14). The van der Waals surface area contributed by atoms with E-state index in [4.69, 9.17) is 14.9 Å². The summed E-state index contributed by atoms with van der Waals surface area (Å²) in [6.45, 7) is -0.0450. The number of aromatic nitrogens is 1. The van der Waals surface area contributed by atoms with Gasteiger partial charge in [-0.05, 0) is 6.07 Å². The minimum absolute atomic E-state index is 0.0450. The molecule has 1 aromatic heterocycles. The Morgan fingerprint density at radius 1 is 1.47 bits per heavy atom. The molecule has 1 aliphatic heterocycles. The van der Waals surface area contributed by atoms with Crippen molar-refractivity contribution in [3.05, 3.63) is 23.5 Å². The predicted molar refractivity (Wildman–Crippen MR) is 47.1 cm³/mol. The van der Waals surface area contributed by atoms with E-state index in [9.17, 15) is 9.59 Å². The maximum absolute atomic E-state index is 10.8. The first kappa shape index (κ1) is 9.45. The predicted octanol–water partition coefficient (Wildman–Crippen LogP) is 0.340. The van der Waals surface area contributed by atoms with Gasteiger partial charge in [-0.3, -0.25) is 4.79 Å². The Balaban J connectivity index is 2.58. The summed E-state index contributed by atoms with van der Waals surface area (Å²) >= 11 is 0. The summed E-state index contributed by atoms with van der Waals surface area (Å²) in [4.78, 5) is 25.3. The summed E-state index contributed by atoms with van der Waals surface area (Å²) in [6, 6.07) is 1.46. The van der Waals surface area contributed by atoms with Gasteiger partial charge in [-0.25, -0.2) is 9.78 Å². The lowest BCUT2D eigenvalue weighted by Gasteiger charge is -2.04. The van der Waals surface area contributed by atoms with Crippen molar-refractivity contribution in [3.63, 3.8) is 0 Å². The Labute approximate surface area is 84.1 Å². The van der Waals surface area contributed by atoms with E-state index in [2.05, 4.69) is 4.98 Å². The molecule has 6 nitrogen and oxygen atoms in total. The molecule has 0 aliphatic carbocycles. The Bertz CT molecular complexity index is 442. The van der Waals surface area contributed by atoms with Gasteiger partial charge in [-0.1, -0.05) is 0 Å². The number of carboxylic acids is 2. The summed E-state index contributed by atoms with van der Waals surface area (Å²) < 4.78 is 5.08. The van der Waals surface area contributed by atoms with Crippen molar-refractivity contribution >= 4 is 11.9 Å². The largest absolute Gasteiger partial charge is 0.492 e. The van der Waals surface area contributed by atoms with Gasteiger partial charge in [0.25, 0.3) is 0 Å². The molecule has 2 heterocycles. The fourth-order valence-electron chi connectivity index (χ4n) is 1.54. The first-order chi connectivity index (χ1) is 7.11. The van der Waals surface area contributed by atoms with Gasteiger partial charge in [0, 0.05) is 11.8 Å². The number of aromatic carboxylic acids is 1. The number of ether oxygens (including phenoxy) is 1. The number of aliphatic carboxylic acids is 1. The highest BCUT2D eigenvalue weighted by Crippen LogP contribution is 2.35. The van der Waals surface area contributed by atoms with Gasteiger partial charge in [-0.15, -0.1) is 0 Å².